The minimum atomic E-state index is 0.174. The maximum absolute atomic E-state index is 9.07. The topological polar surface area (TPSA) is 49.2 Å². The Hall–Kier alpha value is -1.16. The number of hydrogen-bond acceptors (Lipinski definition) is 4. The maximum atomic E-state index is 9.07. The van der Waals surface area contributed by atoms with E-state index in [1.165, 1.54) is 25.7 Å². The van der Waals surface area contributed by atoms with Crippen LogP contribution in [0, 0.1) is 0 Å². The molecular weight excluding hydrogens is 190 g/mol. The van der Waals surface area contributed by atoms with Gasteiger partial charge in [-0.15, -0.1) is 5.10 Å². The van der Waals surface area contributed by atoms with Crippen molar-refractivity contribution in [3.8, 4) is 0 Å². The predicted octanol–water partition coefficient (Wildman–Crippen LogP) is 1.22. The summed E-state index contributed by atoms with van der Waals surface area (Å²) in [5, 5.41) is 17.1. The van der Waals surface area contributed by atoms with E-state index < -0.39 is 0 Å². The Morgan fingerprint density at radius 1 is 1.40 bits per heavy atom. The lowest BCUT2D eigenvalue weighted by atomic mass is 10.2. The van der Waals surface area contributed by atoms with E-state index in [0.29, 0.717) is 12.6 Å². The summed E-state index contributed by atoms with van der Waals surface area (Å²) in [6, 6.07) is 4.39. The second-order valence-corrected chi connectivity index (χ2v) is 3.94. The van der Waals surface area contributed by atoms with E-state index in [9.17, 15) is 0 Å². The van der Waals surface area contributed by atoms with Crippen LogP contribution in [0.3, 0.4) is 0 Å². The van der Waals surface area contributed by atoms with Gasteiger partial charge in [-0.3, -0.25) is 0 Å². The van der Waals surface area contributed by atoms with Gasteiger partial charge in [0.25, 0.3) is 0 Å². The van der Waals surface area contributed by atoms with Crippen LogP contribution in [-0.2, 0) is 0 Å². The van der Waals surface area contributed by atoms with Crippen LogP contribution < -0.4 is 4.90 Å². The van der Waals surface area contributed by atoms with Gasteiger partial charge in [0.15, 0.2) is 5.82 Å². The average Bonchev–Trinajstić information content (AvgIpc) is 2.80. The van der Waals surface area contributed by atoms with E-state index in [0.717, 1.165) is 5.82 Å². The van der Waals surface area contributed by atoms with E-state index >= 15 is 0 Å². The zero-order valence-corrected chi connectivity index (χ0v) is 8.84. The van der Waals surface area contributed by atoms with Gasteiger partial charge in [-0.25, -0.2) is 0 Å². The van der Waals surface area contributed by atoms with Gasteiger partial charge in [-0.2, -0.15) is 5.10 Å². The van der Waals surface area contributed by atoms with Crippen molar-refractivity contribution in [2.45, 2.75) is 31.7 Å². The molecule has 82 valence electrons. The van der Waals surface area contributed by atoms with Crippen LogP contribution in [0.2, 0.25) is 0 Å². The molecule has 0 aliphatic heterocycles. The van der Waals surface area contributed by atoms with E-state index in [4.69, 9.17) is 5.11 Å². The Labute approximate surface area is 89.9 Å². The highest BCUT2D eigenvalue weighted by Crippen LogP contribution is 2.26. The van der Waals surface area contributed by atoms with E-state index in [1.807, 2.05) is 12.1 Å². The Kier molecular flexibility index (Phi) is 3.50. The minimum Gasteiger partial charge on any atom is -0.395 e. The highest BCUT2D eigenvalue weighted by Gasteiger charge is 2.23. The standard InChI is InChI=1S/C11H17N3O/c15-9-8-14(10-4-1-2-5-10)11-6-3-7-12-13-11/h3,6-7,10,15H,1-2,4-5,8-9H2. The summed E-state index contributed by atoms with van der Waals surface area (Å²) in [4.78, 5) is 2.18. The van der Waals surface area contributed by atoms with Crippen LogP contribution in [0.15, 0.2) is 18.3 Å². The summed E-state index contributed by atoms with van der Waals surface area (Å²) in [5.74, 6) is 0.887. The molecule has 1 aliphatic carbocycles. The molecule has 4 heteroatoms. The van der Waals surface area contributed by atoms with Gasteiger partial charge < -0.3 is 10.0 Å². The smallest absolute Gasteiger partial charge is 0.151 e. The van der Waals surface area contributed by atoms with Gasteiger partial charge in [0.1, 0.15) is 0 Å². The van der Waals surface area contributed by atoms with Gasteiger partial charge in [-0.1, -0.05) is 12.8 Å². The molecular formula is C11H17N3O. The first-order chi connectivity index (χ1) is 7.42. The molecule has 1 fully saturated rings. The summed E-state index contributed by atoms with van der Waals surface area (Å²) in [7, 11) is 0. The van der Waals surface area contributed by atoms with Crippen molar-refractivity contribution in [2.75, 3.05) is 18.1 Å². The highest BCUT2D eigenvalue weighted by atomic mass is 16.3. The lowest BCUT2D eigenvalue weighted by Crippen LogP contribution is -2.36. The second kappa shape index (κ2) is 5.07. The predicted molar refractivity (Wildman–Crippen MR) is 58.7 cm³/mol. The number of aromatic nitrogens is 2. The van der Waals surface area contributed by atoms with Crippen LogP contribution >= 0.6 is 0 Å². The average molecular weight is 207 g/mol. The van der Waals surface area contributed by atoms with Gasteiger partial charge in [0.05, 0.1) is 6.61 Å². The van der Waals surface area contributed by atoms with Gasteiger partial charge in [0.2, 0.25) is 0 Å². The third-order valence-electron chi connectivity index (χ3n) is 2.96. The monoisotopic (exact) mass is 207 g/mol. The molecule has 1 saturated carbocycles. The van der Waals surface area contributed by atoms with Crippen LogP contribution in [0.4, 0.5) is 5.82 Å². The molecule has 0 atom stereocenters. The fraction of sp³-hybridized carbons (Fsp3) is 0.636. The number of rotatable bonds is 4. The van der Waals surface area contributed by atoms with Gasteiger partial charge >= 0.3 is 0 Å². The molecule has 2 rings (SSSR count). The first-order valence-corrected chi connectivity index (χ1v) is 5.57. The Balaban J connectivity index is 2.11. The Morgan fingerprint density at radius 2 is 2.20 bits per heavy atom. The van der Waals surface area contributed by atoms with E-state index in [-0.39, 0.29) is 6.61 Å². The summed E-state index contributed by atoms with van der Waals surface area (Å²) < 4.78 is 0. The van der Waals surface area contributed by atoms with E-state index in [2.05, 4.69) is 15.1 Å². The Bertz CT molecular complexity index is 285. The first-order valence-electron chi connectivity index (χ1n) is 5.57. The molecule has 1 heterocycles. The molecule has 0 bridgehead atoms. The van der Waals surface area contributed by atoms with Crippen LogP contribution in [0.5, 0.6) is 0 Å². The third kappa shape index (κ3) is 2.45. The van der Waals surface area contributed by atoms with Crippen molar-refractivity contribution in [2.24, 2.45) is 0 Å². The highest BCUT2D eigenvalue weighted by molar-refractivity contribution is 5.38. The largest absolute Gasteiger partial charge is 0.395 e. The van der Waals surface area contributed by atoms with Gasteiger partial charge in [0, 0.05) is 18.8 Å². The molecule has 1 N–H and O–H groups in total. The molecule has 0 spiro atoms. The molecule has 1 aromatic rings. The summed E-state index contributed by atoms with van der Waals surface area (Å²) >= 11 is 0. The van der Waals surface area contributed by atoms with Gasteiger partial charge in [-0.05, 0) is 25.0 Å². The van der Waals surface area contributed by atoms with E-state index in [1.54, 1.807) is 6.20 Å². The molecule has 1 aromatic heterocycles. The van der Waals surface area contributed by atoms with Crippen molar-refractivity contribution >= 4 is 5.82 Å². The zero-order valence-electron chi connectivity index (χ0n) is 8.84. The lowest BCUT2D eigenvalue weighted by Gasteiger charge is -2.28. The summed E-state index contributed by atoms with van der Waals surface area (Å²) in [6.45, 7) is 0.830. The fourth-order valence-corrected chi connectivity index (χ4v) is 2.25. The molecule has 15 heavy (non-hydrogen) atoms. The zero-order chi connectivity index (χ0) is 10.5. The van der Waals surface area contributed by atoms with Crippen LogP contribution in [0.1, 0.15) is 25.7 Å². The van der Waals surface area contributed by atoms with Crippen LogP contribution in [0.25, 0.3) is 0 Å². The quantitative estimate of drug-likeness (QED) is 0.806. The Morgan fingerprint density at radius 3 is 2.80 bits per heavy atom. The summed E-state index contributed by atoms with van der Waals surface area (Å²) in [5.41, 5.74) is 0. The molecule has 0 radical (unpaired) electrons. The van der Waals surface area contributed by atoms with Crippen molar-refractivity contribution in [3.05, 3.63) is 18.3 Å². The first kappa shape index (κ1) is 10.4. The number of nitrogens with zero attached hydrogens (tertiary/aromatic N) is 3. The number of hydrogen-bond donors (Lipinski definition) is 1. The molecule has 0 aromatic carbocycles. The molecule has 0 saturated heterocycles. The molecule has 0 unspecified atom stereocenters. The fourth-order valence-electron chi connectivity index (χ4n) is 2.25. The SMILES string of the molecule is OCCN(c1cccnn1)C1CCCC1. The summed E-state index contributed by atoms with van der Waals surface area (Å²) in [6.07, 6.45) is 6.65. The van der Waals surface area contributed by atoms with Crippen molar-refractivity contribution in [1.29, 1.82) is 0 Å². The number of aliphatic hydroxyl groups excluding tert-OH is 1. The maximum Gasteiger partial charge on any atom is 0.151 e. The van der Waals surface area contributed by atoms with Crippen molar-refractivity contribution in [1.82, 2.24) is 10.2 Å². The second-order valence-electron chi connectivity index (χ2n) is 3.94. The minimum absolute atomic E-state index is 0.174. The van der Waals surface area contributed by atoms with Crippen LogP contribution in [-0.4, -0.2) is 34.5 Å². The van der Waals surface area contributed by atoms with Crippen molar-refractivity contribution in [3.63, 3.8) is 0 Å². The normalized spacial score (nSPS) is 16.9. The molecule has 1 aliphatic rings. The third-order valence-corrected chi connectivity index (χ3v) is 2.96. The van der Waals surface area contributed by atoms with Crippen molar-refractivity contribution < 1.29 is 5.11 Å². The number of aliphatic hydroxyl groups is 1. The molecule has 0 amide bonds. The molecule has 4 nitrogen and oxygen atoms in total. The lowest BCUT2D eigenvalue weighted by molar-refractivity contribution is 0.296. The number of anilines is 1.